The zero-order valence-corrected chi connectivity index (χ0v) is 18.1. The number of nitrogens with zero attached hydrogens (tertiary/aromatic N) is 2. The van der Waals surface area contributed by atoms with Crippen molar-refractivity contribution >= 4 is 23.4 Å². The van der Waals surface area contributed by atoms with Crippen molar-refractivity contribution in [1.82, 2.24) is 9.80 Å². The van der Waals surface area contributed by atoms with Gasteiger partial charge >= 0.3 is 0 Å². The number of carbonyl (C=O) groups excluding carboxylic acids is 3. The van der Waals surface area contributed by atoms with Gasteiger partial charge in [0.2, 0.25) is 11.8 Å². The van der Waals surface area contributed by atoms with Gasteiger partial charge in [-0.25, -0.2) is 0 Å². The predicted octanol–water partition coefficient (Wildman–Crippen LogP) is 1.05. The van der Waals surface area contributed by atoms with Gasteiger partial charge in [0.25, 0.3) is 5.91 Å². The Bertz CT molecular complexity index is 933. The molecule has 0 radical (unpaired) electrons. The monoisotopic (exact) mass is 441 g/mol. The fourth-order valence-electron chi connectivity index (χ4n) is 3.33. The molecule has 1 aliphatic heterocycles. The van der Waals surface area contributed by atoms with Crippen LogP contribution in [0.3, 0.4) is 0 Å². The number of aliphatic hydroxyl groups is 1. The maximum atomic E-state index is 12.3. The summed E-state index contributed by atoms with van der Waals surface area (Å²) in [5.41, 5.74) is 1.29. The van der Waals surface area contributed by atoms with E-state index < -0.39 is 12.1 Å². The molecule has 0 spiro atoms. The van der Waals surface area contributed by atoms with Crippen LogP contribution in [0, 0.1) is 0 Å². The quantitative estimate of drug-likeness (QED) is 0.634. The molecule has 0 aliphatic carbocycles. The maximum Gasteiger partial charge on any atom is 0.262 e. The Morgan fingerprint density at radius 2 is 1.84 bits per heavy atom. The van der Waals surface area contributed by atoms with E-state index in [1.54, 1.807) is 50.5 Å². The van der Waals surface area contributed by atoms with Crippen LogP contribution in [0.2, 0.25) is 0 Å². The van der Waals surface area contributed by atoms with E-state index in [9.17, 15) is 19.5 Å². The fourth-order valence-corrected chi connectivity index (χ4v) is 3.33. The molecule has 170 valence electrons. The predicted molar refractivity (Wildman–Crippen MR) is 117 cm³/mol. The standard InChI is InChI=1S/C23H27N3O6/c1-25(2)21(29)12-26-19(13-27)23(32-15-22(26)30)16-8-10-17(11-9-16)24-20(28)14-31-18-6-4-3-5-7-18/h3-11,19,23,27H,12-15H2,1-2H3,(H,24,28)/t19-,23-/m1/s1. The molecule has 1 fully saturated rings. The van der Waals surface area contributed by atoms with Crippen molar-refractivity contribution in [3.05, 3.63) is 60.2 Å². The number of rotatable bonds is 8. The molecule has 0 unspecified atom stereocenters. The molecular weight excluding hydrogens is 414 g/mol. The molecule has 3 amide bonds. The Morgan fingerprint density at radius 3 is 2.47 bits per heavy atom. The number of hydrogen-bond donors (Lipinski definition) is 2. The van der Waals surface area contributed by atoms with Crippen molar-refractivity contribution in [3.63, 3.8) is 0 Å². The lowest BCUT2D eigenvalue weighted by molar-refractivity contribution is -0.164. The van der Waals surface area contributed by atoms with Crippen LogP contribution in [0.15, 0.2) is 54.6 Å². The van der Waals surface area contributed by atoms with Crippen molar-refractivity contribution in [2.24, 2.45) is 0 Å². The van der Waals surface area contributed by atoms with E-state index in [1.807, 2.05) is 18.2 Å². The van der Waals surface area contributed by atoms with E-state index >= 15 is 0 Å². The van der Waals surface area contributed by atoms with Gasteiger partial charge in [-0.2, -0.15) is 0 Å². The van der Waals surface area contributed by atoms with E-state index in [0.717, 1.165) is 5.56 Å². The summed E-state index contributed by atoms with van der Waals surface area (Å²) in [5.74, 6) is -0.289. The molecule has 2 atom stereocenters. The number of morpholine rings is 1. The highest BCUT2D eigenvalue weighted by atomic mass is 16.5. The van der Waals surface area contributed by atoms with Gasteiger partial charge in [-0.1, -0.05) is 30.3 Å². The van der Waals surface area contributed by atoms with Crippen LogP contribution < -0.4 is 10.1 Å². The SMILES string of the molecule is CN(C)C(=O)CN1C(=O)CO[C@H](c2ccc(NC(=O)COc3ccccc3)cc2)[C@H]1CO. The number of anilines is 1. The van der Waals surface area contributed by atoms with Crippen LogP contribution in [0.1, 0.15) is 11.7 Å². The van der Waals surface area contributed by atoms with Crippen LogP contribution >= 0.6 is 0 Å². The Hall–Kier alpha value is -3.43. The molecule has 1 aliphatic rings. The average Bonchev–Trinajstić information content (AvgIpc) is 2.80. The van der Waals surface area contributed by atoms with E-state index in [4.69, 9.17) is 9.47 Å². The third-order valence-corrected chi connectivity index (χ3v) is 5.08. The van der Waals surface area contributed by atoms with Crippen LogP contribution in [0.25, 0.3) is 0 Å². The second kappa shape index (κ2) is 10.7. The largest absolute Gasteiger partial charge is 0.484 e. The van der Waals surface area contributed by atoms with Crippen molar-refractivity contribution in [2.45, 2.75) is 12.1 Å². The summed E-state index contributed by atoms with van der Waals surface area (Å²) in [6.45, 7) is -0.794. The third-order valence-electron chi connectivity index (χ3n) is 5.08. The average molecular weight is 441 g/mol. The molecule has 32 heavy (non-hydrogen) atoms. The topological polar surface area (TPSA) is 108 Å². The summed E-state index contributed by atoms with van der Waals surface area (Å²) in [5, 5.41) is 12.7. The summed E-state index contributed by atoms with van der Waals surface area (Å²) in [6.07, 6.45) is -0.598. The van der Waals surface area contributed by atoms with Crippen molar-refractivity contribution in [1.29, 1.82) is 0 Å². The molecule has 9 heteroatoms. The summed E-state index contributed by atoms with van der Waals surface area (Å²) >= 11 is 0. The minimum absolute atomic E-state index is 0.124. The summed E-state index contributed by atoms with van der Waals surface area (Å²) in [7, 11) is 3.22. The lowest BCUT2D eigenvalue weighted by atomic mass is 9.99. The minimum atomic E-state index is -0.695. The first-order valence-corrected chi connectivity index (χ1v) is 10.2. The molecule has 3 rings (SSSR count). The molecule has 9 nitrogen and oxygen atoms in total. The molecule has 0 aromatic heterocycles. The van der Waals surface area contributed by atoms with Gasteiger partial charge in [-0.3, -0.25) is 14.4 Å². The maximum absolute atomic E-state index is 12.3. The van der Waals surface area contributed by atoms with E-state index in [2.05, 4.69) is 5.32 Å². The Labute approximate surface area is 186 Å². The van der Waals surface area contributed by atoms with Gasteiger partial charge in [-0.15, -0.1) is 0 Å². The fraction of sp³-hybridized carbons (Fsp3) is 0.348. The van der Waals surface area contributed by atoms with Gasteiger partial charge in [0, 0.05) is 19.8 Å². The lowest BCUT2D eigenvalue weighted by Gasteiger charge is -2.40. The van der Waals surface area contributed by atoms with Gasteiger partial charge in [0.1, 0.15) is 25.0 Å². The smallest absolute Gasteiger partial charge is 0.262 e. The number of amides is 3. The molecular formula is C23H27N3O6. The summed E-state index contributed by atoms with van der Waals surface area (Å²) < 4.78 is 11.1. The number of benzene rings is 2. The number of hydrogen-bond acceptors (Lipinski definition) is 6. The third kappa shape index (κ3) is 5.83. The van der Waals surface area contributed by atoms with Crippen LogP contribution in [-0.4, -0.2) is 79.1 Å². The summed E-state index contributed by atoms with van der Waals surface area (Å²) in [6, 6.07) is 15.3. The number of likely N-dealkylation sites (N-methyl/N-ethyl adjacent to an activating group) is 1. The van der Waals surface area contributed by atoms with Gasteiger partial charge in [0.15, 0.2) is 6.61 Å². The number of para-hydroxylation sites is 1. The molecule has 0 saturated carbocycles. The number of carbonyl (C=O) groups is 3. The van der Waals surface area contributed by atoms with Crippen LogP contribution in [0.4, 0.5) is 5.69 Å². The second-order valence-corrected chi connectivity index (χ2v) is 7.56. The first-order chi connectivity index (χ1) is 15.4. The van der Waals surface area contributed by atoms with Crippen LogP contribution in [-0.2, 0) is 19.1 Å². The summed E-state index contributed by atoms with van der Waals surface area (Å²) in [4.78, 5) is 39.3. The van der Waals surface area contributed by atoms with E-state index in [-0.39, 0.29) is 44.1 Å². The number of ether oxygens (including phenoxy) is 2. The van der Waals surface area contributed by atoms with Gasteiger partial charge in [-0.05, 0) is 29.8 Å². The highest BCUT2D eigenvalue weighted by Gasteiger charge is 2.38. The zero-order chi connectivity index (χ0) is 23.1. The van der Waals surface area contributed by atoms with Crippen molar-refractivity contribution < 1.29 is 29.0 Å². The molecule has 2 aromatic carbocycles. The Morgan fingerprint density at radius 1 is 1.16 bits per heavy atom. The molecule has 1 heterocycles. The second-order valence-electron chi connectivity index (χ2n) is 7.56. The van der Waals surface area contributed by atoms with Crippen molar-refractivity contribution in [2.75, 3.05) is 45.8 Å². The first-order valence-electron chi connectivity index (χ1n) is 10.2. The highest BCUT2D eigenvalue weighted by Crippen LogP contribution is 2.30. The molecule has 2 aromatic rings. The highest BCUT2D eigenvalue weighted by molar-refractivity contribution is 5.91. The van der Waals surface area contributed by atoms with E-state index in [1.165, 1.54) is 9.80 Å². The lowest BCUT2D eigenvalue weighted by Crippen LogP contribution is -2.55. The Balaban J connectivity index is 1.63. The van der Waals surface area contributed by atoms with Gasteiger partial charge in [0.05, 0.1) is 12.6 Å². The Kier molecular flexibility index (Phi) is 7.80. The minimum Gasteiger partial charge on any atom is -0.484 e. The number of aliphatic hydroxyl groups excluding tert-OH is 1. The molecule has 0 bridgehead atoms. The molecule has 2 N–H and O–H groups in total. The van der Waals surface area contributed by atoms with Crippen molar-refractivity contribution in [3.8, 4) is 5.75 Å². The normalized spacial score (nSPS) is 18.2. The van der Waals surface area contributed by atoms with Gasteiger partial charge < -0.3 is 29.7 Å². The first kappa shape index (κ1) is 23.2. The number of nitrogens with one attached hydrogen (secondary N) is 1. The molecule has 1 saturated heterocycles. The van der Waals surface area contributed by atoms with Crippen LogP contribution in [0.5, 0.6) is 5.75 Å². The zero-order valence-electron chi connectivity index (χ0n) is 18.1. The van der Waals surface area contributed by atoms with E-state index in [0.29, 0.717) is 11.4 Å².